The fourth-order valence-corrected chi connectivity index (χ4v) is 6.33. The van der Waals surface area contributed by atoms with Crippen molar-refractivity contribution in [1.82, 2.24) is 9.88 Å². The minimum Gasteiger partial charge on any atom is -0.593 e. The molecule has 1 saturated carbocycles. The number of nitrogens with one attached hydrogen (secondary N) is 1. The van der Waals surface area contributed by atoms with Crippen molar-refractivity contribution in [1.29, 1.82) is 0 Å². The van der Waals surface area contributed by atoms with Gasteiger partial charge in [0, 0.05) is 42.8 Å². The summed E-state index contributed by atoms with van der Waals surface area (Å²) in [4.78, 5) is 12.6. The van der Waals surface area contributed by atoms with Crippen LogP contribution in [0.1, 0.15) is 66.6 Å². The Balaban J connectivity index is 1.78. The van der Waals surface area contributed by atoms with Crippen LogP contribution in [-0.4, -0.2) is 34.3 Å². The number of halogens is 4. The SMILES string of the molecule is Cc1c(C(=O)NC2CCOCC2)cc(-c2cc(Cl)c([S+](N)[O-])c(C(F)(F)F)c2)n1CC1CCCCC1. The van der Waals surface area contributed by atoms with Gasteiger partial charge in [-0.3, -0.25) is 4.79 Å². The third-order valence-corrected chi connectivity index (χ3v) is 8.43. The summed E-state index contributed by atoms with van der Waals surface area (Å²) in [6.45, 7) is 3.56. The molecule has 1 atom stereocenters. The molecule has 1 saturated heterocycles. The predicted octanol–water partition coefficient (Wildman–Crippen LogP) is 5.61. The van der Waals surface area contributed by atoms with Crippen molar-refractivity contribution in [2.24, 2.45) is 11.1 Å². The second kappa shape index (κ2) is 11.3. The van der Waals surface area contributed by atoms with Gasteiger partial charge >= 0.3 is 6.18 Å². The van der Waals surface area contributed by atoms with Crippen molar-refractivity contribution in [2.75, 3.05) is 13.2 Å². The number of nitrogens with two attached hydrogens (primary N) is 1. The molecule has 3 N–H and O–H groups in total. The van der Waals surface area contributed by atoms with Crippen molar-refractivity contribution >= 4 is 28.9 Å². The average molecular weight is 546 g/mol. The second-order valence-electron chi connectivity index (χ2n) is 9.63. The molecule has 1 aliphatic heterocycles. The number of amides is 1. The lowest BCUT2D eigenvalue weighted by Crippen LogP contribution is -2.39. The van der Waals surface area contributed by atoms with E-state index in [0.29, 0.717) is 55.5 Å². The summed E-state index contributed by atoms with van der Waals surface area (Å²) in [7, 11) is 0. The molecule has 2 aromatic rings. The van der Waals surface area contributed by atoms with E-state index < -0.39 is 28.0 Å². The number of aromatic nitrogens is 1. The van der Waals surface area contributed by atoms with Crippen LogP contribution < -0.4 is 10.5 Å². The lowest BCUT2D eigenvalue weighted by atomic mass is 9.89. The highest BCUT2D eigenvalue weighted by molar-refractivity contribution is 7.89. The van der Waals surface area contributed by atoms with Gasteiger partial charge < -0.3 is 19.2 Å². The number of carbonyl (C=O) groups is 1. The molecule has 1 aliphatic carbocycles. The van der Waals surface area contributed by atoms with Gasteiger partial charge in [-0.05, 0) is 56.7 Å². The van der Waals surface area contributed by atoms with E-state index in [1.54, 1.807) is 6.07 Å². The smallest absolute Gasteiger partial charge is 0.421 e. The first kappa shape index (κ1) is 27.3. The zero-order valence-corrected chi connectivity index (χ0v) is 21.7. The van der Waals surface area contributed by atoms with Gasteiger partial charge in [0.25, 0.3) is 5.91 Å². The Bertz CT molecular complexity index is 1090. The lowest BCUT2D eigenvalue weighted by Gasteiger charge is -2.25. The van der Waals surface area contributed by atoms with Crippen LogP contribution in [0, 0.1) is 12.8 Å². The minimum absolute atomic E-state index is 0.0131. The molecule has 1 amide bonds. The number of ether oxygens (including phenoxy) is 1. The standard InChI is InChI=1S/C25H31ClF3N3O3S/c1-15-19(24(33)31-18-7-9-35-10-8-18)13-22(32(15)14-16-5-3-2-4-6-16)17-11-20(25(27,28)29)23(36(30)34)21(26)12-17/h11-13,16,18H,2-10,14,30H2,1H3,(H,31,33). The topological polar surface area (TPSA) is 92.3 Å². The van der Waals surface area contributed by atoms with Crippen LogP contribution in [0.4, 0.5) is 13.2 Å². The molecule has 2 fully saturated rings. The minimum atomic E-state index is -4.80. The molecule has 6 nitrogen and oxygen atoms in total. The van der Waals surface area contributed by atoms with Crippen LogP contribution in [0.5, 0.6) is 0 Å². The third kappa shape index (κ3) is 6.05. The molecule has 2 aliphatic rings. The van der Waals surface area contributed by atoms with Crippen LogP contribution in [0.2, 0.25) is 5.02 Å². The first-order valence-electron chi connectivity index (χ1n) is 12.2. The molecule has 36 heavy (non-hydrogen) atoms. The van der Waals surface area contributed by atoms with E-state index in [0.717, 1.165) is 31.7 Å². The summed E-state index contributed by atoms with van der Waals surface area (Å²) in [5, 5.41) is 8.06. The Hall–Kier alpha value is -1.72. The number of carbonyl (C=O) groups excluding carboxylic acids is 1. The molecule has 0 spiro atoms. The number of hydrogen-bond donors (Lipinski definition) is 2. The molecule has 4 rings (SSSR count). The van der Waals surface area contributed by atoms with E-state index in [1.807, 2.05) is 11.5 Å². The van der Waals surface area contributed by atoms with E-state index in [4.69, 9.17) is 21.5 Å². The Morgan fingerprint density at radius 3 is 2.47 bits per heavy atom. The molecule has 1 aromatic heterocycles. The van der Waals surface area contributed by atoms with E-state index in [9.17, 15) is 22.5 Å². The van der Waals surface area contributed by atoms with E-state index in [-0.39, 0.29) is 22.5 Å². The highest BCUT2D eigenvalue weighted by Crippen LogP contribution is 2.41. The normalized spacial score (nSPS) is 18.9. The second-order valence-corrected chi connectivity index (χ2v) is 11.0. The average Bonchev–Trinajstić information content (AvgIpc) is 3.15. The van der Waals surface area contributed by atoms with Crippen LogP contribution in [-0.2, 0) is 28.8 Å². The highest BCUT2D eigenvalue weighted by Gasteiger charge is 2.40. The number of hydrogen-bond acceptors (Lipinski definition) is 4. The predicted molar refractivity (Wildman–Crippen MR) is 133 cm³/mol. The summed E-state index contributed by atoms with van der Waals surface area (Å²) in [5.41, 5.74) is 0.643. The summed E-state index contributed by atoms with van der Waals surface area (Å²) >= 11 is 3.78. The Kier molecular flexibility index (Phi) is 8.61. The number of alkyl halides is 3. The van der Waals surface area contributed by atoms with Gasteiger partial charge in [0.2, 0.25) is 4.90 Å². The molecule has 2 heterocycles. The fraction of sp³-hybridized carbons (Fsp3) is 0.560. The molecule has 198 valence electrons. The largest absolute Gasteiger partial charge is 0.593 e. The molecule has 0 radical (unpaired) electrons. The van der Waals surface area contributed by atoms with Crippen molar-refractivity contribution in [3.63, 3.8) is 0 Å². The monoisotopic (exact) mass is 545 g/mol. The number of benzene rings is 1. The summed E-state index contributed by atoms with van der Waals surface area (Å²) in [6.07, 6.45) is 2.07. The van der Waals surface area contributed by atoms with E-state index in [1.165, 1.54) is 12.5 Å². The summed E-state index contributed by atoms with van der Waals surface area (Å²) in [6, 6.07) is 3.90. The van der Waals surface area contributed by atoms with Crippen LogP contribution >= 0.6 is 11.6 Å². The number of nitrogens with zero attached hydrogens (tertiary/aromatic N) is 1. The first-order valence-corrected chi connectivity index (χ1v) is 13.8. The van der Waals surface area contributed by atoms with Gasteiger partial charge in [0.05, 0.1) is 21.9 Å². The maximum atomic E-state index is 13.9. The summed E-state index contributed by atoms with van der Waals surface area (Å²) in [5.74, 6) is 0.105. The van der Waals surface area contributed by atoms with Crippen LogP contribution in [0.3, 0.4) is 0 Å². The Morgan fingerprint density at radius 1 is 1.19 bits per heavy atom. The van der Waals surface area contributed by atoms with Gasteiger partial charge in [-0.1, -0.05) is 30.9 Å². The van der Waals surface area contributed by atoms with Gasteiger partial charge in [-0.25, -0.2) is 0 Å². The molecular formula is C25H31ClF3N3O3S. The summed E-state index contributed by atoms with van der Waals surface area (Å²) < 4.78 is 60.9. The van der Waals surface area contributed by atoms with Gasteiger partial charge in [-0.2, -0.15) is 13.2 Å². The number of rotatable bonds is 6. The van der Waals surface area contributed by atoms with Gasteiger partial charge in [0.1, 0.15) is 5.56 Å². The van der Waals surface area contributed by atoms with E-state index in [2.05, 4.69) is 5.32 Å². The maximum absolute atomic E-state index is 13.9. The fourth-order valence-electron chi connectivity index (χ4n) is 5.24. The third-order valence-electron chi connectivity index (χ3n) is 7.18. The molecule has 1 aromatic carbocycles. The van der Waals surface area contributed by atoms with E-state index >= 15 is 0 Å². The van der Waals surface area contributed by atoms with Crippen molar-refractivity contribution < 1.29 is 27.3 Å². The molecule has 11 heteroatoms. The maximum Gasteiger partial charge on any atom is 0.421 e. The Morgan fingerprint density at radius 2 is 1.86 bits per heavy atom. The van der Waals surface area contributed by atoms with Gasteiger partial charge in [-0.15, -0.1) is 5.14 Å². The van der Waals surface area contributed by atoms with Crippen LogP contribution in [0.15, 0.2) is 23.1 Å². The zero-order chi connectivity index (χ0) is 26.0. The highest BCUT2D eigenvalue weighted by atomic mass is 35.5. The molecule has 0 bridgehead atoms. The van der Waals surface area contributed by atoms with Crippen molar-refractivity contribution in [3.05, 3.63) is 40.0 Å². The first-order chi connectivity index (χ1) is 17.1. The van der Waals surface area contributed by atoms with Crippen molar-refractivity contribution in [2.45, 2.75) is 75.5 Å². The van der Waals surface area contributed by atoms with Gasteiger partial charge in [0.15, 0.2) is 0 Å². The quantitative estimate of drug-likeness (QED) is 0.462. The molecular weight excluding hydrogens is 515 g/mol. The van der Waals surface area contributed by atoms with Crippen LogP contribution in [0.25, 0.3) is 11.3 Å². The zero-order valence-electron chi connectivity index (χ0n) is 20.1. The Labute approximate surface area is 217 Å². The van der Waals surface area contributed by atoms with Crippen molar-refractivity contribution in [3.8, 4) is 11.3 Å². The lowest BCUT2D eigenvalue weighted by molar-refractivity contribution is -0.139. The molecule has 1 unspecified atom stereocenters.